The summed E-state index contributed by atoms with van der Waals surface area (Å²) < 4.78 is 38.0. The van der Waals surface area contributed by atoms with Crippen molar-refractivity contribution in [2.75, 3.05) is 13.2 Å². The average molecular weight is 275 g/mol. The maximum atomic E-state index is 13.2. The summed E-state index contributed by atoms with van der Waals surface area (Å²) in [6, 6.07) is 2.61. The van der Waals surface area contributed by atoms with Crippen LogP contribution in [-0.2, 0) is 14.9 Å². The highest BCUT2D eigenvalue weighted by molar-refractivity contribution is 7.89. The molecule has 98 valence electrons. The summed E-state index contributed by atoms with van der Waals surface area (Å²) in [7, 11) is -3.93. The molecule has 8 heteroatoms. The van der Waals surface area contributed by atoms with Crippen molar-refractivity contribution in [2.45, 2.75) is 11.3 Å². The molecule has 0 radical (unpaired) electrons. The van der Waals surface area contributed by atoms with Crippen LogP contribution in [0.25, 0.3) is 0 Å². The number of benzene rings is 1. The maximum Gasteiger partial charge on any atom is 0.338 e. The number of nitrogens with zero attached hydrogens (tertiary/aromatic N) is 1. The van der Waals surface area contributed by atoms with Crippen molar-refractivity contribution in [3.63, 3.8) is 0 Å². The van der Waals surface area contributed by atoms with Crippen LogP contribution in [0.4, 0.5) is 4.39 Å². The zero-order valence-electron chi connectivity index (χ0n) is 9.17. The molecule has 0 spiro atoms. The van der Waals surface area contributed by atoms with Gasteiger partial charge in [0.05, 0.1) is 17.1 Å². The zero-order chi connectivity index (χ0) is 13.3. The molecule has 1 fully saturated rings. The molecule has 6 nitrogen and oxygen atoms in total. The van der Waals surface area contributed by atoms with Crippen LogP contribution in [0.1, 0.15) is 16.8 Å². The number of sulfonamides is 1. The fourth-order valence-corrected chi connectivity index (χ4v) is 2.89. The Morgan fingerprint density at radius 3 is 2.72 bits per heavy atom. The lowest BCUT2D eigenvalue weighted by Crippen LogP contribution is -2.27. The van der Waals surface area contributed by atoms with E-state index in [4.69, 9.17) is 9.94 Å². The van der Waals surface area contributed by atoms with E-state index in [0.717, 1.165) is 22.7 Å². The molecule has 1 N–H and O–H groups in total. The summed E-state index contributed by atoms with van der Waals surface area (Å²) in [6.45, 7) is 0.480. The third-order valence-electron chi connectivity index (χ3n) is 2.45. The van der Waals surface area contributed by atoms with E-state index < -0.39 is 27.4 Å². The molecule has 1 heterocycles. The number of halogens is 1. The summed E-state index contributed by atoms with van der Waals surface area (Å²) in [5.41, 5.74) is -0.685. The number of hydrogen-bond acceptors (Lipinski definition) is 4. The Morgan fingerprint density at radius 2 is 2.17 bits per heavy atom. The molecule has 1 aromatic rings. The molecule has 2 rings (SSSR count). The van der Waals surface area contributed by atoms with E-state index >= 15 is 0 Å². The van der Waals surface area contributed by atoms with Crippen LogP contribution in [0.15, 0.2) is 23.1 Å². The van der Waals surface area contributed by atoms with Crippen molar-refractivity contribution in [1.82, 2.24) is 4.47 Å². The van der Waals surface area contributed by atoms with Gasteiger partial charge in [0.15, 0.2) is 0 Å². The highest BCUT2D eigenvalue weighted by Gasteiger charge is 2.29. The van der Waals surface area contributed by atoms with Gasteiger partial charge in [0.1, 0.15) is 5.82 Å². The van der Waals surface area contributed by atoms with Gasteiger partial charge in [-0.1, -0.05) is 4.47 Å². The summed E-state index contributed by atoms with van der Waals surface area (Å²) in [6.07, 6.45) is 0.562. The molecule has 1 saturated heterocycles. The van der Waals surface area contributed by atoms with E-state index in [0.29, 0.717) is 6.42 Å². The fourth-order valence-electron chi connectivity index (χ4n) is 1.56. The van der Waals surface area contributed by atoms with Crippen molar-refractivity contribution >= 4 is 16.0 Å². The lowest BCUT2D eigenvalue weighted by Gasteiger charge is -2.14. The summed E-state index contributed by atoms with van der Waals surface area (Å²) in [5, 5.41) is 8.74. The standard InChI is InChI=1S/C10H10FNO5S/c11-9-3-2-7(6-8(9)10(13)14)18(15,16)12-4-1-5-17-12/h2-3,6H,1,4-5H2,(H,13,14). The Balaban J connectivity index is 2.45. The van der Waals surface area contributed by atoms with Gasteiger partial charge in [0.25, 0.3) is 10.0 Å². The topological polar surface area (TPSA) is 83.9 Å². The highest BCUT2D eigenvalue weighted by atomic mass is 32.2. The SMILES string of the molecule is O=C(O)c1cc(S(=O)(=O)N2CCCO2)ccc1F. The number of carboxylic acid groups (broad SMARTS) is 1. The first kappa shape index (κ1) is 12.9. The van der Waals surface area contributed by atoms with Crippen LogP contribution < -0.4 is 0 Å². The molecule has 0 saturated carbocycles. The lowest BCUT2D eigenvalue weighted by atomic mass is 10.2. The largest absolute Gasteiger partial charge is 0.478 e. The van der Waals surface area contributed by atoms with Crippen molar-refractivity contribution < 1.29 is 27.5 Å². The third-order valence-corrected chi connectivity index (χ3v) is 4.13. The van der Waals surface area contributed by atoms with E-state index in [1.165, 1.54) is 0 Å². The van der Waals surface area contributed by atoms with E-state index in [1.807, 2.05) is 0 Å². The molecule has 0 amide bonds. The van der Waals surface area contributed by atoms with Gasteiger partial charge in [-0.05, 0) is 24.6 Å². The van der Waals surface area contributed by atoms with Gasteiger partial charge >= 0.3 is 5.97 Å². The minimum Gasteiger partial charge on any atom is -0.478 e. The molecule has 18 heavy (non-hydrogen) atoms. The van der Waals surface area contributed by atoms with Crippen LogP contribution in [0.2, 0.25) is 0 Å². The first-order chi connectivity index (χ1) is 8.43. The summed E-state index contributed by atoms with van der Waals surface area (Å²) >= 11 is 0. The number of aromatic carboxylic acids is 1. The molecule has 1 aliphatic rings. The molecule has 1 aliphatic heterocycles. The normalized spacial score (nSPS) is 16.9. The summed E-state index contributed by atoms with van der Waals surface area (Å²) in [5.74, 6) is -2.50. The van der Waals surface area contributed by atoms with Gasteiger partial charge in [-0.2, -0.15) is 0 Å². The molecule has 0 aromatic heterocycles. The molecular weight excluding hydrogens is 265 g/mol. The molecule has 1 aromatic carbocycles. The van der Waals surface area contributed by atoms with Crippen LogP contribution in [-0.4, -0.2) is 37.1 Å². The number of carboxylic acids is 1. The van der Waals surface area contributed by atoms with Crippen LogP contribution in [0.3, 0.4) is 0 Å². The molecule has 0 atom stereocenters. The first-order valence-corrected chi connectivity index (χ1v) is 6.55. The van der Waals surface area contributed by atoms with Crippen molar-refractivity contribution in [2.24, 2.45) is 0 Å². The number of rotatable bonds is 3. The monoisotopic (exact) mass is 275 g/mol. The van der Waals surface area contributed by atoms with Crippen LogP contribution in [0.5, 0.6) is 0 Å². The number of carbonyl (C=O) groups is 1. The van der Waals surface area contributed by atoms with Crippen molar-refractivity contribution in [3.8, 4) is 0 Å². The Morgan fingerprint density at radius 1 is 1.44 bits per heavy atom. The second-order valence-corrected chi connectivity index (χ2v) is 5.49. The van der Waals surface area contributed by atoms with Gasteiger partial charge in [0.2, 0.25) is 0 Å². The van der Waals surface area contributed by atoms with Crippen molar-refractivity contribution in [3.05, 3.63) is 29.6 Å². The van der Waals surface area contributed by atoms with E-state index in [2.05, 4.69) is 0 Å². The van der Waals surface area contributed by atoms with Gasteiger partial charge in [-0.15, -0.1) is 0 Å². The predicted octanol–water partition coefficient (Wildman–Crippen LogP) is 0.850. The quantitative estimate of drug-likeness (QED) is 0.884. The smallest absolute Gasteiger partial charge is 0.338 e. The Bertz CT molecular complexity index is 580. The highest BCUT2D eigenvalue weighted by Crippen LogP contribution is 2.22. The Hall–Kier alpha value is -1.51. The van der Waals surface area contributed by atoms with E-state index in [9.17, 15) is 17.6 Å². The second kappa shape index (κ2) is 4.63. The minimum absolute atomic E-state index is 0.197. The van der Waals surface area contributed by atoms with Gasteiger partial charge in [-0.3, -0.25) is 4.84 Å². The minimum atomic E-state index is -3.93. The first-order valence-electron chi connectivity index (χ1n) is 5.11. The molecule has 0 aliphatic carbocycles. The van der Waals surface area contributed by atoms with Gasteiger partial charge < -0.3 is 5.11 Å². The van der Waals surface area contributed by atoms with Crippen molar-refractivity contribution in [1.29, 1.82) is 0 Å². The Kier molecular flexibility index (Phi) is 3.33. The third kappa shape index (κ3) is 2.22. The van der Waals surface area contributed by atoms with E-state index in [1.54, 1.807) is 0 Å². The number of hydroxylamine groups is 1. The zero-order valence-corrected chi connectivity index (χ0v) is 9.98. The Labute approximate surface area is 103 Å². The fraction of sp³-hybridized carbons (Fsp3) is 0.300. The summed E-state index contributed by atoms with van der Waals surface area (Å²) in [4.78, 5) is 15.3. The number of hydrogen-bond donors (Lipinski definition) is 1. The van der Waals surface area contributed by atoms with Gasteiger partial charge in [-0.25, -0.2) is 17.6 Å². The molecule has 0 bridgehead atoms. The molecule has 0 unspecified atom stereocenters. The van der Waals surface area contributed by atoms with Crippen LogP contribution >= 0.6 is 0 Å². The lowest BCUT2D eigenvalue weighted by molar-refractivity contribution is -0.0284. The molecular formula is C10H10FNO5S. The van der Waals surface area contributed by atoms with Crippen LogP contribution in [0, 0.1) is 5.82 Å². The van der Waals surface area contributed by atoms with E-state index in [-0.39, 0.29) is 18.0 Å². The average Bonchev–Trinajstić information content (AvgIpc) is 2.82. The van der Waals surface area contributed by atoms with Gasteiger partial charge in [0, 0.05) is 6.54 Å². The predicted molar refractivity (Wildman–Crippen MR) is 57.8 cm³/mol. The maximum absolute atomic E-state index is 13.2. The second-order valence-electron chi connectivity index (χ2n) is 3.66.